The van der Waals surface area contributed by atoms with Gasteiger partial charge in [-0.3, -0.25) is 4.79 Å². The Labute approximate surface area is 187 Å². The minimum atomic E-state index is -0.511. The van der Waals surface area contributed by atoms with Gasteiger partial charge in [0.15, 0.2) is 0 Å². The molecule has 3 amide bonds. The highest BCUT2D eigenvalue weighted by atomic mass is 16.6. The summed E-state index contributed by atoms with van der Waals surface area (Å²) in [6.45, 7) is 2.45. The summed E-state index contributed by atoms with van der Waals surface area (Å²) >= 11 is 0. The molecule has 4 N–H and O–H groups in total. The van der Waals surface area contributed by atoms with Crippen molar-refractivity contribution in [2.75, 3.05) is 23.8 Å². The maximum atomic E-state index is 12.4. The van der Waals surface area contributed by atoms with E-state index in [-0.39, 0.29) is 43.1 Å². The van der Waals surface area contributed by atoms with Gasteiger partial charge in [-0.25, -0.2) is 4.79 Å². The van der Waals surface area contributed by atoms with Crippen molar-refractivity contribution < 1.29 is 24.2 Å². The van der Waals surface area contributed by atoms with E-state index in [0.29, 0.717) is 30.1 Å². The third-order valence-corrected chi connectivity index (χ3v) is 5.77. The molecule has 0 saturated carbocycles. The lowest BCUT2D eigenvalue weighted by Gasteiger charge is -2.37. The summed E-state index contributed by atoms with van der Waals surface area (Å²) < 4.78 is 12.1. The normalized spacial score (nSPS) is 23.4. The average Bonchev–Trinajstić information content (AvgIpc) is 3.15. The van der Waals surface area contributed by atoms with Crippen molar-refractivity contribution in [1.29, 1.82) is 0 Å². The highest BCUT2D eigenvalue weighted by Gasteiger charge is 2.46. The molecule has 2 aromatic rings. The number of aliphatic hydroxyl groups excluding tert-OH is 1. The molecular weight excluding hydrogens is 410 g/mol. The van der Waals surface area contributed by atoms with Gasteiger partial charge in [0.1, 0.15) is 18.0 Å². The molecule has 0 spiro atoms. The maximum absolute atomic E-state index is 12.4. The number of fused-ring (bicyclic) bond motifs is 3. The van der Waals surface area contributed by atoms with Gasteiger partial charge in [0.25, 0.3) is 0 Å². The molecule has 2 aliphatic heterocycles. The fraction of sp³-hybridized carbons (Fsp3) is 0.417. The van der Waals surface area contributed by atoms with Crippen LogP contribution in [-0.4, -0.2) is 48.5 Å². The smallest absolute Gasteiger partial charge is 0.323 e. The van der Waals surface area contributed by atoms with E-state index in [1.54, 1.807) is 6.07 Å². The Morgan fingerprint density at radius 3 is 2.62 bits per heavy atom. The number of ether oxygens (including phenoxy) is 2. The predicted octanol–water partition coefficient (Wildman–Crippen LogP) is 3.24. The summed E-state index contributed by atoms with van der Waals surface area (Å²) in [6, 6.07) is 14.4. The van der Waals surface area contributed by atoms with E-state index in [4.69, 9.17) is 9.47 Å². The summed E-state index contributed by atoms with van der Waals surface area (Å²) in [5.74, 6) is 0.630. The van der Waals surface area contributed by atoms with Gasteiger partial charge < -0.3 is 30.5 Å². The van der Waals surface area contributed by atoms with E-state index in [1.165, 1.54) is 0 Å². The van der Waals surface area contributed by atoms with Gasteiger partial charge in [-0.2, -0.15) is 0 Å². The van der Waals surface area contributed by atoms with Crippen LogP contribution in [0.1, 0.15) is 37.7 Å². The van der Waals surface area contributed by atoms with E-state index >= 15 is 0 Å². The third-order valence-electron chi connectivity index (χ3n) is 5.77. The molecule has 0 aromatic heterocycles. The minimum Gasteiger partial charge on any atom is -0.487 e. The Morgan fingerprint density at radius 2 is 1.88 bits per heavy atom. The van der Waals surface area contributed by atoms with Gasteiger partial charge >= 0.3 is 6.03 Å². The molecule has 0 radical (unpaired) electrons. The third kappa shape index (κ3) is 5.03. The van der Waals surface area contributed by atoms with Crippen LogP contribution in [0.4, 0.5) is 16.2 Å². The van der Waals surface area contributed by atoms with Gasteiger partial charge in [0.2, 0.25) is 5.91 Å². The molecule has 8 heteroatoms. The number of amides is 3. The largest absolute Gasteiger partial charge is 0.487 e. The molecule has 4 rings (SSSR count). The molecule has 4 atom stereocenters. The molecular formula is C24H29N3O5. The average molecular weight is 440 g/mol. The van der Waals surface area contributed by atoms with Crippen molar-refractivity contribution in [2.45, 2.75) is 50.4 Å². The predicted molar refractivity (Wildman–Crippen MR) is 121 cm³/mol. The number of carbonyl (C=O) groups excluding carboxylic acids is 2. The number of urea groups is 1. The van der Waals surface area contributed by atoms with Gasteiger partial charge in [0.05, 0.1) is 19.1 Å². The minimum absolute atomic E-state index is 0.0289. The molecule has 1 fully saturated rings. The number of anilines is 2. The van der Waals surface area contributed by atoms with Gasteiger partial charge in [0, 0.05) is 29.4 Å². The monoisotopic (exact) mass is 439 g/mol. The van der Waals surface area contributed by atoms with Crippen LogP contribution in [0.5, 0.6) is 5.75 Å². The number of rotatable bonds is 7. The summed E-state index contributed by atoms with van der Waals surface area (Å²) in [6.07, 6.45) is 0.578. The van der Waals surface area contributed by atoms with Crippen LogP contribution < -0.4 is 20.7 Å². The Hall–Kier alpha value is -3.10. The summed E-state index contributed by atoms with van der Waals surface area (Å²) in [5, 5.41) is 18.4. The lowest BCUT2D eigenvalue weighted by molar-refractivity contribution is -0.142. The second-order valence-electron chi connectivity index (χ2n) is 8.16. The van der Waals surface area contributed by atoms with Crippen molar-refractivity contribution in [3.05, 3.63) is 54.1 Å². The number of hydrogen-bond donors (Lipinski definition) is 4. The van der Waals surface area contributed by atoms with Gasteiger partial charge in [-0.1, -0.05) is 25.1 Å². The van der Waals surface area contributed by atoms with Gasteiger partial charge in [-0.05, 0) is 43.2 Å². The Bertz CT molecular complexity index is 952. The summed E-state index contributed by atoms with van der Waals surface area (Å²) in [5.41, 5.74) is 2.30. The lowest BCUT2D eigenvalue weighted by atomic mass is 9.84. The standard InChI is InChI=1S/C24H29N3O5/c1-2-10-25-22(29)13-17-12-19-18-11-16(27-24(30)26-15-6-4-3-5-7-15)8-9-20(18)32-23(19)21(14-28)31-17/h3-9,11,17,19,21,23,28H,2,10,12-14H2,1H3,(H,25,29)(H2,26,27,30)/t17-,19+,21-,23-/m1/s1. The zero-order valence-electron chi connectivity index (χ0n) is 18.0. The summed E-state index contributed by atoms with van der Waals surface area (Å²) in [4.78, 5) is 24.6. The number of nitrogens with one attached hydrogen (secondary N) is 3. The van der Waals surface area contributed by atoms with E-state index in [0.717, 1.165) is 12.0 Å². The number of benzene rings is 2. The van der Waals surface area contributed by atoms with E-state index in [2.05, 4.69) is 16.0 Å². The second-order valence-corrected chi connectivity index (χ2v) is 8.16. The fourth-order valence-corrected chi connectivity index (χ4v) is 4.33. The van der Waals surface area contributed by atoms with Gasteiger partial charge in [-0.15, -0.1) is 0 Å². The van der Waals surface area contributed by atoms with Crippen LogP contribution in [0.2, 0.25) is 0 Å². The van der Waals surface area contributed by atoms with Crippen molar-refractivity contribution in [1.82, 2.24) is 5.32 Å². The topological polar surface area (TPSA) is 109 Å². The molecule has 0 aliphatic carbocycles. The number of hydrogen-bond acceptors (Lipinski definition) is 5. The second kappa shape index (κ2) is 10.0. The molecule has 8 nitrogen and oxygen atoms in total. The van der Waals surface area contributed by atoms with E-state index in [1.807, 2.05) is 49.4 Å². The first-order valence-corrected chi connectivity index (χ1v) is 11.0. The molecule has 2 heterocycles. The summed E-state index contributed by atoms with van der Waals surface area (Å²) in [7, 11) is 0. The molecule has 2 aliphatic rings. The van der Waals surface area contributed by atoms with Crippen LogP contribution >= 0.6 is 0 Å². The molecule has 0 bridgehead atoms. The first-order valence-electron chi connectivity index (χ1n) is 11.0. The zero-order chi connectivity index (χ0) is 22.5. The van der Waals surface area contributed by atoms with Crippen LogP contribution in [0.15, 0.2) is 48.5 Å². The molecule has 1 saturated heterocycles. The highest BCUT2D eigenvalue weighted by molar-refractivity contribution is 5.99. The highest BCUT2D eigenvalue weighted by Crippen LogP contribution is 2.47. The van der Waals surface area contributed by atoms with Crippen molar-refractivity contribution in [3.63, 3.8) is 0 Å². The molecule has 170 valence electrons. The number of para-hydroxylation sites is 1. The quantitative estimate of drug-likeness (QED) is 0.530. The Kier molecular flexibility index (Phi) is 6.92. The molecule has 2 aromatic carbocycles. The van der Waals surface area contributed by atoms with Crippen molar-refractivity contribution >= 4 is 23.3 Å². The van der Waals surface area contributed by atoms with E-state index in [9.17, 15) is 14.7 Å². The van der Waals surface area contributed by atoms with Crippen LogP contribution in [0.3, 0.4) is 0 Å². The SMILES string of the molecule is CCCNC(=O)C[C@H]1C[C@H]2c3cc(NC(=O)Nc4ccccc4)ccc3O[C@H]2[C@@H](CO)O1. The Balaban J connectivity index is 1.45. The zero-order valence-corrected chi connectivity index (χ0v) is 18.0. The van der Waals surface area contributed by atoms with Crippen molar-refractivity contribution in [2.24, 2.45) is 0 Å². The lowest BCUT2D eigenvalue weighted by Crippen LogP contribution is -2.47. The van der Waals surface area contributed by atoms with E-state index < -0.39 is 6.10 Å². The number of carbonyl (C=O) groups is 2. The number of aliphatic hydroxyl groups is 1. The van der Waals surface area contributed by atoms with Crippen LogP contribution in [-0.2, 0) is 9.53 Å². The first-order chi connectivity index (χ1) is 15.6. The molecule has 32 heavy (non-hydrogen) atoms. The fourth-order valence-electron chi connectivity index (χ4n) is 4.33. The van der Waals surface area contributed by atoms with Crippen LogP contribution in [0.25, 0.3) is 0 Å². The van der Waals surface area contributed by atoms with Crippen LogP contribution in [0, 0.1) is 0 Å². The first kappa shape index (κ1) is 22.1. The van der Waals surface area contributed by atoms with Crippen molar-refractivity contribution in [3.8, 4) is 5.75 Å². The Morgan fingerprint density at radius 1 is 1.09 bits per heavy atom. The maximum Gasteiger partial charge on any atom is 0.323 e. The molecule has 0 unspecified atom stereocenters.